The summed E-state index contributed by atoms with van der Waals surface area (Å²) in [5.41, 5.74) is 2.98. The molecule has 3 aromatic heterocycles. The Kier molecular flexibility index (Phi) is 5.05. The molecule has 1 aromatic carbocycles. The molecule has 3 heterocycles. The summed E-state index contributed by atoms with van der Waals surface area (Å²) in [4.78, 5) is 29.1. The molecule has 10 heteroatoms. The maximum Gasteiger partial charge on any atom is 0.230 e. The van der Waals surface area contributed by atoms with Crippen molar-refractivity contribution in [3.05, 3.63) is 41.7 Å². The maximum atomic E-state index is 11.4. The number of rotatable bonds is 5. The van der Waals surface area contributed by atoms with Gasteiger partial charge in [-0.3, -0.25) is 15.2 Å². The lowest BCUT2D eigenvalue weighted by Gasteiger charge is -2.10. The molecule has 0 aliphatic carbocycles. The quantitative estimate of drug-likeness (QED) is 0.517. The number of carbonyl (C=O) groups is 1. The predicted octanol–water partition coefficient (Wildman–Crippen LogP) is 3.49. The van der Waals surface area contributed by atoms with Crippen molar-refractivity contribution < 1.29 is 9.53 Å². The van der Waals surface area contributed by atoms with E-state index in [0.717, 1.165) is 5.56 Å². The SMILES string of the molecule is CCOc1ccc(-c2ccc3nc(NC(C)=O)nc(-c4ncn[nH]4)c3n2)cc1Cl. The van der Waals surface area contributed by atoms with Gasteiger partial charge in [-0.05, 0) is 37.3 Å². The van der Waals surface area contributed by atoms with Crippen LogP contribution in [-0.2, 0) is 4.79 Å². The van der Waals surface area contributed by atoms with E-state index in [-0.39, 0.29) is 11.9 Å². The van der Waals surface area contributed by atoms with Crippen molar-refractivity contribution in [1.82, 2.24) is 30.1 Å². The second-order valence-corrected chi connectivity index (χ2v) is 6.46. The molecule has 0 aliphatic heterocycles. The van der Waals surface area contributed by atoms with Gasteiger partial charge in [0.05, 0.1) is 22.8 Å². The van der Waals surface area contributed by atoms with E-state index < -0.39 is 0 Å². The fourth-order valence-corrected chi connectivity index (χ4v) is 3.04. The molecule has 0 fully saturated rings. The maximum absolute atomic E-state index is 11.4. The van der Waals surface area contributed by atoms with Gasteiger partial charge in [0.15, 0.2) is 5.82 Å². The largest absolute Gasteiger partial charge is 0.492 e. The highest BCUT2D eigenvalue weighted by molar-refractivity contribution is 6.32. The van der Waals surface area contributed by atoms with Crippen LogP contribution in [0.15, 0.2) is 36.7 Å². The Hall–Kier alpha value is -3.59. The number of benzene rings is 1. The molecule has 0 radical (unpaired) electrons. The summed E-state index contributed by atoms with van der Waals surface area (Å²) in [6.07, 6.45) is 1.37. The van der Waals surface area contributed by atoms with Crippen molar-refractivity contribution in [2.45, 2.75) is 13.8 Å². The molecule has 0 unspecified atom stereocenters. The number of nitrogens with one attached hydrogen (secondary N) is 2. The van der Waals surface area contributed by atoms with Crippen molar-refractivity contribution in [3.8, 4) is 28.5 Å². The fourth-order valence-electron chi connectivity index (χ4n) is 2.81. The van der Waals surface area contributed by atoms with E-state index in [0.29, 0.717) is 45.6 Å². The number of H-pyrrole nitrogens is 1. The molecule has 0 atom stereocenters. The Morgan fingerprint density at radius 2 is 2.07 bits per heavy atom. The first-order valence-corrected chi connectivity index (χ1v) is 9.17. The number of halogens is 1. The molecule has 0 saturated carbocycles. The Balaban J connectivity index is 1.86. The molecular formula is C19H16ClN7O2. The number of nitrogens with zero attached hydrogens (tertiary/aromatic N) is 5. The topological polar surface area (TPSA) is 119 Å². The van der Waals surface area contributed by atoms with Crippen LogP contribution in [0.2, 0.25) is 5.02 Å². The van der Waals surface area contributed by atoms with Crippen LogP contribution in [0.5, 0.6) is 5.75 Å². The molecular weight excluding hydrogens is 394 g/mol. The molecule has 0 spiro atoms. The van der Waals surface area contributed by atoms with Crippen molar-refractivity contribution in [2.24, 2.45) is 0 Å². The standard InChI is InChI=1S/C19H16ClN7O2/c1-3-29-15-7-4-11(8-12(15)20)13-5-6-14-16(24-13)17(18-21-9-22-27-18)26-19(25-14)23-10(2)28/h4-9H,3H2,1-2H3,(H,21,22,27)(H,23,25,26,28). The Labute approximate surface area is 170 Å². The molecule has 9 nitrogen and oxygen atoms in total. The van der Waals surface area contributed by atoms with E-state index in [4.69, 9.17) is 21.3 Å². The second-order valence-electron chi connectivity index (χ2n) is 6.05. The van der Waals surface area contributed by atoms with Gasteiger partial charge >= 0.3 is 0 Å². The summed E-state index contributed by atoms with van der Waals surface area (Å²) in [7, 11) is 0. The third kappa shape index (κ3) is 3.85. The minimum Gasteiger partial charge on any atom is -0.492 e. The average molecular weight is 410 g/mol. The van der Waals surface area contributed by atoms with E-state index in [2.05, 4.69) is 30.5 Å². The Morgan fingerprint density at radius 3 is 2.76 bits per heavy atom. The van der Waals surface area contributed by atoms with Gasteiger partial charge in [0.1, 0.15) is 23.3 Å². The Bertz CT molecular complexity index is 1190. The van der Waals surface area contributed by atoms with Gasteiger partial charge in [-0.1, -0.05) is 11.6 Å². The highest BCUT2D eigenvalue weighted by Gasteiger charge is 2.16. The number of aromatic nitrogens is 6. The van der Waals surface area contributed by atoms with E-state index in [9.17, 15) is 4.79 Å². The van der Waals surface area contributed by atoms with Crippen LogP contribution in [0.4, 0.5) is 5.95 Å². The molecule has 1 amide bonds. The molecule has 146 valence electrons. The minimum atomic E-state index is -0.276. The lowest BCUT2D eigenvalue weighted by molar-refractivity contribution is -0.114. The summed E-state index contributed by atoms with van der Waals surface area (Å²) < 4.78 is 5.48. The first-order chi connectivity index (χ1) is 14.0. The first-order valence-electron chi connectivity index (χ1n) is 8.80. The normalized spacial score (nSPS) is 10.9. The lowest BCUT2D eigenvalue weighted by atomic mass is 10.1. The van der Waals surface area contributed by atoms with Gasteiger partial charge in [0.2, 0.25) is 11.9 Å². The van der Waals surface area contributed by atoms with Crippen LogP contribution in [0.3, 0.4) is 0 Å². The number of hydrogen-bond acceptors (Lipinski definition) is 7. The zero-order valence-corrected chi connectivity index (χ0v) is 16.4. The summed E-state index contributed by atoms with van der Waals surface area (Å²) in [6, 6.07) is 9.10. The summed E-state index contributed by atoms with van der Waals surface area (Å²) in [5.74, 6) is 0.916. The van der Waals surface area contributed by atoms with E-state index >= 15 is 0 Å². The molecule has 0 aliphatic rings. The van der Waals surface area contributed by atoms with Gasteiger partial charge in [0, 0.05) is 12.5 Å². The number of pyridine rings is 1. The smallest absolute Gasteiger partial charge is 0.230 e. The zero-order valence-electron chi connectivity index (χ0n) is 15.6. The van der Waals surface area contributed by atoms with Crippen LogP contribution in [0.1, 0.15) is 13.8 Å². The van der Waals surface area contributed by atoms with Gasteiger partial charge < -0.3 is 4.74 Å². The zero-order chi connectivity index (χ0) is 20.4. The van der Waals surface area contributed by atoms with E-state index in [1.165, 1.54) is 13.3 Å². The van der Waals surface area contributed by atoms with Crippen LogP contribution in [-0.4, -0.2) is 42.6 Å². The van der Waals surface area contributed by atoms with Gasteiger partial charge in [-0.15, -0.1) is 0 Å². The van der Waals surface area contributed by atoms with Crippen molar-refractivity contribution in [1.29, 1.82) is 0 Å². The Morgan fingerprint density at radius 1 is 1.21 bits per heavy atom. The number of carbonyl (C=O) groups excluding carboxylic acids is 1. The fraction of sp³-hybridized carbons (Fsp3) is 0.158. The number of anilines is 1. The molecule has 0 bridgehead atoms. The minimum absolute atomic E-state index is 0.162. The number of aromatic amines is 1. The van der Waals surface area contributed by atoms with Crippen molar-refractivity contribution >= 4 is 34.5 Å². The van der Waals surface area contributed by atoms with Crippen LogP contribution < -0.4 is 10.1 Å². The first kappa shape index (κ1) is 18.8. The molecule has 4 rings (SSSR count). The van der Waals surface area contributed by atoms with Crippen molar-refractivity contribution in [2.75, 3.05) is 11.9 Å². The number of hydrogen-bond donors (Lipinski definition) is 2. The third-order valence-corrected chi connectivity index (χ3v) is 4.29. The number of fused-ring (bicyclic) bond motifs is 1. The third-order valence-electron chi connectivity index (χ3n) is 4.00. The molecule has 4 aromatic rings. The molecule has 2 N–H and O–H groups in total. The lowest BCUT2D eigenvalue weighted by Crippen LogP contribution is -2.10. The highest BCUT2D eigenvalue weighted by atomic mass is 35.5. The van der Waals surface area contributed by atoms with Crippen LogP contribution in [0.25, 0.3) is 33.8 Å². The van der Waals surface area contributed by atoms with E-state index in [1.807, 2.05) is 19.1 Å². The van der Waals surface area contributed by atoms with Crippen LogP contribution in [0, 0.1) is 0 Å². The molecule has 29 heavy (non-hydrogen) atoms. The van der Waals surface area contributed by atoms with Gasteiger partial charge in [-0.25, -0.2) is 19.9 Å². The van der Waals surface area contributed by atoms with Gasteiger partial charge in [0.25, 0.3) is 0 Å². The van der Waals surface area contributed by atoms with Crippen LogP contribution >= 0.6 is 11.6 Å². The summed E-state index contributed by atoms with van der Waals surface area (Å²) in [6.45, 7) is 3.82. The number of ether oxygens (including phenoxy) is 1. The molecule has 0 saturated heterocycles. The monoisotopic (exact) mass is 409 g/mol. The van der Waals surface area contributed by atoms with Crippen molar-refractivity contribution in [3.63, 3.8) is 0 Å². The number of amides is 1. The summed E-state index contributed by atoms with van der Waals surface area (Å²) >= 11 is 6.32. The average Bonchev–Trinajstić information content (AvgIpc) is 3.23. The summed E-state index contributed by atoms with van der Waals surface area (Å²) in [5, 5.41) is 9.73. The predicted molar refractivity (Wildman–Crippen MR) is 109 cm³/mol. The van der Waals surface area contributed by atoms with Gasteiger partial charge in [-0.2, -0.15) is 5.10 Å². The highest BCUT2D eigenvalue weighted by Crippen LogP contribution is 2.31. The second kappa shape index (κ2) is 7.80. The van der Waals surface area contributed by atoms with E-state index in [1.54, 1.807) is 18.2 Å².